The van der Waals surface area contributed by atoms with Gasteiger partial charge in [0.1, 0.15) is 0 Å². The van der Waals surface area contributed by atoms with Gasteiger partial charge in [-0.1, -0.05) is 26.2 Å². The van der Waals surface area contributed by atoms with Gasteiger partial charge in [-0.15, -0.1) is 0 Å². The van der Waals surface area contributed by atoms with Crippen LogP contribution in [0.5, 0.6) is 0 Å². The summed E-state index contributed by atoms with van der Waals surface area (Å²) in [4.78, 5) is 0.412. The number of nitrogens with one attached hydrogen (secondary N) is 1. The molecule has 0 atom stereocenters. The molecule has 1 aliphatic rings. The predicted octanol–water partition coefficient (Wildman–Crippen LogP) is 3.08. The topological polar surface area (TPSA) is 46.2 Å². The monoisotopic (exact) mass is 267 g/mol. The summed E-state index contributed by atoms with van der Waals surface area (Å²) in [6.45, 7) is 2.64. The van der Waals surface area contributed by atoms with Gasteiger partial charge in [0.15, 0.2) is 9.84 Å². The Kier molecular flexibility index (Phi) is 4.27. The van der Waals surface area contributed by atoms with Gasteiger partial charge in [0.25, 0.3) is 0 Å². The van der Waals surface area contributed by atoms with E-state index in [4.69, 9.17) is 0 Å². The van der Waals surface area contributed by atoms with Crippen molar-refractivity contribution in [3.05, 3.63) is 24.3 Å². The summed E-state index contributed by atoms with van der Waals surface area (Å²) >= 11 is 0. The molecule has 0 amide bonds. The Balaban J connectivity index is 1.87. The molecule has 0 saturated heterocycles. The highest BCUT2D eigenvalue weighted by Crippen LogP contribution is 2.29. The van der Waals surface area contributed by atoms with Crippen LogP contribution in [0.3, 0.4) is 0 Å². The van der Waals surface area contributed by atoms with Crippen LogP contribution in [0.15, 0.2) is 29.2 Å². The molecule has 1 fully saturated rings. The Morgan fingerprint density at radius 1 is 1.22 bits per heavy atom. The third kappa shape index (κ3) is 3.25. The average molecular weight is 267 g/mol. The van der Waals surface area contributed by atoms with E-state index in [0.717, 1.165) is 18.2 Å². The van der Waals surface area contributed by atoms with Crippen LogP contribution in [0.25, 0.3) is 0 Å². The minimum atomic E-state index is -3.07. The lowest BCUT2D eigenvalue weighted by molar-refractivity contribution is 0.303. The third-order valence-electron chi connectivity index (χ3n) is 3.70. The zero-order chi connectivity index (χ0) is 13.0. The number of sulfone groups is 1. The molecule has 0 aromatic heterocycles. The lowest BCUT2D eigenvalue weighted by Gasteiger charge is -2.25. The fourth-order valence-corrected chi connectivity index (χ4v) is 3.03. The van der Waals surface area contributed by atoms with Crippen LogP contribution in [-0.4, -0.2) is 20.7 Å². The Morgan fingerprint density at radius 2 is 1.89 bits per heavy atom. The highest BCUT2D eigenvalue weighted by Gasteiger charge is 2.16. The second-order valence-electron chi connectivity index (χ2n) is 4.94. The van der Waals surface area contributed by atoms with E-state index < -0.39 is 9.84 Å². The van der Waals surface area contributed by atoms with E-state index in [1.807, 2.05) is 12.1 Å². The summed E-state index contributed by atoms with van der Waals surface area (Å²) in [7, 11) is -3.07. The summed E-state index contributed by atoms with van der Waals surface area (Å²) in [5, 5.41) is 3.35. The van der Waals surface area contributed by atoms with E-state index >= 15 is 0 Å². The molecule has 0 aliphatic heterocycles. The van der Waals surface area contributed by atoms with Crippen LogP contribution < -0.4 is 5.32 Å². The van der Waals surface area contributed by atoms with Crippen molar-refractivity contribution >= 4 is 15.5 Å². The van der Waals surface area contributed by atoms with Crippen LogP contribution in [0, 0.1) is 5.92 Å². The molecular formula is C14H21NO2S. The van der Waals surface area contributed by atoms with Crippen molar-refractivity contribution in [2.45, 2.75) is 37.5 Å². The van der Waals surface area contributed by atoms with Crippen LogP contribution in [0.2, 0.25) is 0 Å². The van der Waals surface area contributed by atoms with E-state index in [1.54, 1.807) is 19.1 Å². The normalized spacial score (nSPS) is 16.3. The van der Waals surface area contributed by atoms with E-state index in [1.165, 1.54) is 25.7 Å². The first-order valence-corrected chi connectivity index (χ1v) is 8.34. The van der Waals surface area contributed by atoms with Gasteiger partial charge in [-0.2, -0.15) is 0 Å². The van der Waals surface area contributed by atoms with E-state index in [9.17, 15) is 8.42 Å². The first-order valence-electron chi connectivity index (χ1n) is 6.68. The van der Waals surface area contributed by atoms with E-state index in [-0.39, 0.29) is 5.75 Å². The van der Waals surface area contributed by atoms with Gasteiger partial charge in [-0.05, 0) is 36.6 Å². The average Bonchev–Trinajstić information content (AvgIpc) is 2.33. The second kappa shape index (κ2) is 5.74. The Morgan fingerprint density at radius 3 is 2.39 bits per heavy atom. The molecular weight excluding hydrogens is 246 g/mol. The van der Waals surface area contributed by atoms with Gasteiger partial charge >= 0.3 is 0 Å². The summed E-state index contributed by atoms with van der Waals surface area (Å²) in [6.07, 6.45) is 5.34. The minimum absolute atomic E-state index is 0.154. The third-order valence-corrected chi connectivity index (χ3v) is 5.45. The fraction of sp³-hybridized carbons (Fsp3) is 0.571. The SMILES string of the molecule is CCS(=O)(=O)c1ccc(NCCC2CCC2)cc1. The number of hydrogen-bond donors (Lipinski definition) is 1. The van der Waals surface area contributed by atoms with Crippen molar-refractivity contribution in [3.63, 3.8) is 0 Å². The molecule has 0 spiro atoms. The smallest absolute Gasteiger partial charge is 0.178 e. The summed E-state index contributed by atoms with van der Waals surface area (Å²) in [5.41, 5.74) is 1.00. The van der Waals surface area contributed by atoms with Gasteiger partial charge in [0, 0.05) is 12.2 Å². The molecule has 1 aromatic rings. The largest absolute Gasteiger partial charge is 0.385 e. The van der Waals surface area contributed by atoms with Crippen molar-refractivity contribution in [1.29, 1.82) is 0 Å². The molecule has 1 saturated carbocycles. The van der Waals surface area contributed by atoms with Crippen LogP contribution in [0.1, 0.15) is 32.6 Å². The molecule has 0 radical (unpaired) electrons. The first-order chi connectivity index (χ1) is 8.62. The van der Waals surface area contributed by atoms with Gasteiger partial charge in [0.2, 0.25) is 0 Å². The highest BCUT2D eigenvalue weighted by atomic mass is 32.2. The number of benzene rings is 1. The molecule has 1 aromatic carbocycles. The van der Waals surface area contributed by atoms with Crippen molar-refractivity contribution in [1.82, 2.24) is 0 Å². The Bertz CT molecular complexity index is 475. The predicted molar refractivity (Wildman–Crippen MR) is 74.6 cm³/mol. The quantitative estimate of drug-likeness (QED) is 0.861. The van der Waals surface area contributed by atoms with Crippen LogP contribution in [-0.2, 0) is 9.84 Å². The minimum Gasteiger partial charge on any atom is -0.385 e. The lowest BCUT2D eigenvalue weighted by atomic mass is 9.83. The maximum atomic E-state index is 11.6. The summed E-state index contributed by atoms with van der Waals surface area (Å²) in [5.74, 6) is 1.05. The maximum absolute atomic E-state index is 11.6. The van der Waals surface area contributed by atoms with Gasteiger partial charge < -0.3 is 5.32 Å². The Labute approximate surface area is 110 Å². The second-order valence-corrected chi connectivity index (χ2v) is 7.22. The van der Waals surface area contributed by atoms with Gasteiger partial charge in [-0.3, -0.25) is 0 Å². The molecule has 100 valence electrons. The zero-order valence-corrected chi connectivity index (χ0v) is 11.7. The molecule has 0 unspecified atom stereocenters. The van der Waals surface area contributed by atoms with E-state index in [0.29, 0.717) is 4.90 Å². The lowest BCUT2D eigenvalue weighted by Crippen LogP contribution is -2.15. The molecule has 18 heavy (non-hydrogen) atoms. The van der Waals surface area contributed by atoms with E-state index in [2.05, 4.69) is 5.32 Å². The molecule has 1 N–H and O–H groups in total. The fourth-order valence-electron chi connectivity index (χ4n) is 2.15. The van der Waals surface area contributed by atoms with Crippen molar-refractivity contribution in [2.24, 2.45) is 5.92 Å². The molecule has 0 bridgehead atoms. The van der Waals surface area contributed by atoms with Crippen molar-refractivity contribution in [3.8, 4) is 0 Å². The number of rotatable bonds is 6. The molecule has 4 heteroatoms. The van der Waals surface area contributed by atoms with Crippen LogP contribution in [0.4, 0.5) is 5.69 Å². The van der Waals surface area contributed by atoms with Gasteiger partial charge in [-0.25, -0.2) is 8.42 Å². The number of anilines is 1. The maximum Gasteiger partial charge on any atom is 0.178 e. The first kappa shape index (κ1) is 13.4. The molecule has 3 nitrogen and oxygen atoms in total. The van der Waals surface area contributed by atoms with Crippen LogP contribution >= 0.6 is 0 Å². The molecule has 2 rings (SSSR count). The summed E-state index contributed by atoms with van der Waals surface area (Å²) < 4.78 is 23.3. The zero-order valence-electron chi connectivity index (χ0n) is 10.9. The molecule has 1 aliphatic carbocycles. The van der Waals surface area contributed by atoms with Crippen molar-refractivity contribution < 1.29 is 8.42 Å². The highest BCUT2D eigenvalue weighted by molar-refractivity contribution is 7.91. The summed E-state index contributed by atoms with van der Waals surface area (Å²) in [6, 6.07) is 7.07. The number of hydrogen-bond acceptors (Lipinski definition) is 3. The Hall–Kier alpha value is -1.03. The van der Waals surface area contributed by atoms with Crippen molar-refractivity contribution in [2.75, 3.05) is 17.6 Å². The molecule has 0 heterocycles. The standard InChI is InChI=1S/C14H21NO2S/c1-2-18(16,17)14-8-6-13(7-9-14)15-11-10-12-4-3-5-12/h6-9,12,15H,2-5,10-11H2,1H3. The van der Waals surface area contributed by atoms with Gasteiger partial charge in [0.05, 0.1) is 10.6 Å².